The van der Waals surface area contributed by atoms with Crippen LogP contribution < -0.4 is 16.6 Å². The minimum Gasteiger partial charge on any atom is -0.353 e. The van der Waals surface area contributed by atoms with Crippen LogP contribution in [0.2, 0.25) is 0 Å². The number of nitrogens with zero attached hydrogens (tertiary/aromatic N) is 1. The van der Waals surface area contributed by atoms with Crippen LogP contribution in [0.4, 0.5) is 0 Å². The molecular formula is C12H28N4. The van der Waals surface area contributed by atoms with E-state index in [1.165, 1.54) is 6.42 Å². The fourth-order valence-electron chi connectivity index (χ4n) is 1.30. The number of aliphatic imine (C=N–C) groups is 1. The lowest BCUT2D eigenvalue weighted by Crippen LogP contribution is -2.45. The number of hydrazine groups is 1. The maximum Gasteiger partial charge on any atom is 0.205 e. The number of hydrogen-bond acceptors (Lipinski definition) is 2. The van der Waals surface area contributed by atoms with E-state index in [0.29, 0.717) is 17.9 Å². The molecule has 0 saturated carbocycles. The first kappa shape index (κ1) is 15.2. The van der Waals surface area contributed by atoms with Gasteiger partial charge in [-0.3, -0.25) is 10.4 Å². The molecule has 4 nitrogen and oxygen atoms in total. The first-order valence-corrected chi connectivity index (χ1v) is 6.23. The van der Waals surface area contributed by atoms with Gasteiger partial charge in [0.25, 0.3) is 0 Å². The Labute approximate surface area is 100 Å². The molecule has 1 unspecified atom stereocenters. The summed E-state index contributed by atoms with van der Waals surface area (Å²) in [7, 11) is 0. The van der Waals surface area contributed by atoms with Crippen molar-refractivity contribution in [3.63, 3.8) is 0 Å². The van der Waals surface area contributed by atoms with Crippen LogP contribution >= 0.6 is 0 Å². The largest absolute Gasteiger partial charge is 0.353 e. The van der Waals surface area contributed by atoms with Gasteiger partial charge < -0.3 is 5.32 Å². The van der Waals surface area contributed by atoms with E-state index in [2.05, 4.69) is 50.4 Å². The molecule has 0 spiro atoms. The summed E-state index contributed by atoms with van der Waals surface area (Å²) in [6.45, 7) is 11.7. The summed E-state index contributed by atoms with van der Waals surface area (Å²) in [5.41, 5.74) is 2.61. The van der Waals surface area contributed by atoms with E-state index in [9.17, 15) is 0 Å². The van der Waals surface area contributed by atoms with Crippen LogP contribution in [-0.4, -0.2) is 18.5 Å². The second-order valence-corrected chi connectivity index (χ2v) is 5.24. The van der Waals surface area contributed by atoms with Crippen molar-refractivity contribution in [3.8, 4) is 0 Å². The fourth-order valence-corrected chi connectivity index (χ4v) is 1.30. The Hall–Kier alpha value is -0.770. The van der Waals surface area contributed by atoms with Crippen molar-refractivity contribution in [2.24, 2.45) is 22.7 Å². The van der Waals surface area contributed by atoms with Crippen molar-refractivity contribution in [3.05, 3.63) is 0 Å². The molecule has 0 saturated heterocycles. The molecule has 96 valence electrons. The van der Waals surface area contributed by atoms with Gasteiger partial charge in [0.05, 0.1) is 0 Å². The lowest BCUT2D eigenvalue weighted by molar-refractivity contribution is 0.488. The van der Waals surface area contributed by atoms with Gasteiger partial charge in [0, 0.05) is 12.6 Å². The molecule has 4 heteroatoms. The molecule has 0 aromatic rings. The van der Waals surface area contributed by atoms with Gasteiger partial charge in [-0.05, 0) is 31.6 Å². The van der Waals surface area contributed by atoms with Gasteiger partial charge in [-0.15, -0.1) is 0 Å². The van der Waals surface area contributed by atoms with E-state index in [0.717, 1.165) is 18.9 Å². The zero-order valence-electron chi connectivity index (χ0n) is 11.4. The molecule has 0 aliphatic heterocycles. The molecule has 0 fully saturated rings. The van der Waals surface area contributed by atoms with Crippen molar-refractivity contribution in [1.29, 1.82) is 0 Å². The van der Waals surface area contributed by atoms with Crippen molar-refractivity contribution in [2.45, 2.75) is 53.5 Å². The molecule has 0 rings (SSSR count). The minimum atomic E-state index is 0.407. The van der Waals surface area contributed by atoms with Gasteiger partial charge in [0.1, 0.15) is 0 Å². The van der Waals surface area contributed by atoms with Crippen molar-refractivity contribution < 1.29 is 0 Å². The maximum atomic E-state index is 5.42. The Bertz CT molecular complexity index is 199. The fraction of sp³-hybridized carbons (Fsp3) is 0.917. The normalized spacial score (nSPS) is 14.4. The number of rotatable bonds is 6. The summed E-state index contributed by atoms with van der Waals surface area (Å²) in [5, 5.41) is 3.29. The lowest BCUT2D eigenvalue weighted by Gasteiger charge is -2.17. The number of nitrogens with two attached hydrogens (primary N) is 1. The third kappa shape index (κ3) is 8.53. The maximum absolute atomic E-state index is 5.42. The SMILES string of the molecule is CC(C)CCC(C)NC(=NCC(C)C)NN. The summed E-state index contributed by atoms with van der Waals surface area (Å²) >= 11 is 0. The molecule has 16 heavy (non-hydrogen) atoms. The van der Waals surface area contributed by atoms with Gasteiger partial charge in [0.2, 0.25) is 5.96 Å². The zero-order valence-corrected chi connectivity index (χ0v) is 11.4. The quantitative estimate of drug-likeness (QED) is 0.281. The molecule has 0 heterocycles. The lowest BCUT2D eigenvalue weighted by atomic mass is 10.0. The molecule has 0 radical (unpaired) electrons. The molecule has 0 aliphatic rings. The summed E-state index contributed by atoms with van der Waals surface area (Å²) in [6, 6.07) is 0.407. The predicted octanol–water partition coefficient (Wildman–Crippen LogP) is 1.88. The summed E-state index contributed by atoms with van der Waals surface area (Å²) in [5.74, 6) is 7.41. The van der Waals surface area contributed by atoms with Crippen LogP contribution in [0.15, 0.2) is 4.99 Å². The monoisotopic (exact) mass is 228 g/mol. The second kappa shape index (κ2) is 8.39. The van der Waals surface area contributed by atoms with Crippen LogP contribution in [0.5, 0.6) is 0 Å². The van der Waals surface area contributed by atoms with E-state index >= 15 is 0 Å². The van der Waals surface area contributed by atoms with E-state index in [4.69, 9.17) is 5.84 Å². The van der Waals surface area contributed by atoms with Crippen LogP contribution in [-0.2, 0) is 0 Å². The van der Waals surface area contributed by atoms with E-state index in [-0.39, 0.29) is 0 Å². The van der Waals surface area contributed by atoms with Crippen molar-refractivity contribution in [2.75, 3.05) is 6.54 Å². The average molecular weight is 228 g/mol. The van der Waals surface area contributed by atoms with Gasteiger partial charge >= 0.3 is 0 Å². The second-order valence-electron chi connectivity index (χ2n) is 5.24. The smallest absolute Gasteiger partial charge is 0.205 e. The van der Waals surface area contributed by atoms with E-state index in [1.807, 2.05) is 0 Å². The van der Waals surface area contributed by atoms with Gasteiger partial charge in [-0.25, -0.2) is 5.84 Å². The molecule has 0 bridgehead atoms. The molecular weight excluding hydrogens is 200 g/mol. The van der Waals surface area contributed by atoms with Gasteiger partial charge in [0.15, 0.2) is 0 Å². The van der Waals surface area contributed by atoms with Gasteiger partial charge in [-0.2, -0.15) is 0 Å². The third-order valence-electron chi connectivity index (χ3n) is 2.31. The van der Waals surface area contributed by atoms with Crippen molar-refractivity contribution in [1.82, 2.24) is 10.7 Å². The Morgan fingerprint density at radius 2 is 1.69 bits per heavy atom. The minimum absolute atomic E-state index is 0.407. The standard InChI is InChI=1S/C12H28N4/c1-9(2)6-7-11(5)15-12(16-13)14-8-10(3)4/h9-11H,6-8,13H2,1-5H3,(H2,14,15,16). The Kier molecular flexibility index (Phi) is 7.99. The highest BCUT2D eigenvalue weighted by atomic mass is 15.3. The molecule has 4 N–H and O–H groups in total. The number of nitrogens with one attached hydrogen (secondary N) is 2. The molecule has 1 atom stereocenters. The highest BCUT2D eigenvalue weighted by Crippen LogP contribution is 2.06. The molecule has 0 aromatic heterocycles. The zero-order chi connectivity index (χ0) is 12.6. The molecule has 0 aromatic carbocycles. The summed E-state index contributed by atoms with van der Waals surface area (Å²) in [4.78, 5) is 4.38. The van der Waals surface area contributed by atoms with Crippen LogP contribution in [0.25, 0.3) is 0 Å². The Morgan fingerprint density at radius 1 is 1.06 bits per heavy atom. The van der Waals surface area contributed by atoms with Crippen LogP contribution in [0, 0.1) is 11.8 Å². The average Bonchev–Trinajstić information content (AvgIpc) is 2.20. The van der Waals surface area contributed by atoms with Gasteiger partial charge in [-0.1, -0.05) is 27.7 Å². The van der Waals surface area contributed by atoms with Crippen molar-refractivity contribution >= 4 is 5.96 Å². The molecule has 0 aliphatic carbocycles. The Morgan fingerprint density at radius 3 is 2.12 bits per heavy atom. The third-order valence-corrected chi connectivity index (χ3v) is 2.31. The number of guanidine groups is 1. The van der Waals surface area contributed by atoms with E-state index in [1.54, 1.807) is 0 Å². The van der Waals surface area contributed by atoms with E-state index < -0.39 is 0 Å². The highest BCUT2D eigenvalue weighted by Gasteiger charge is 2.05. The number of hydrogen-bond donors (Lipinski definition) is 3. The predicted molar refractivity (Wildman–Crippen MR) is 71.1 cm³/mol. The summed E-state index contributed by atoms with van der Waals surface area (Å²) in [6.07, 6.45) is 2.36. The summed E-state index contributed by atoms with van der Waals surface area (Å²) < 4.78 is 0. The van der Waals surface area contributed by atoms with Crippen LogP contribution in [0.1, 0.15) is 47.5 Å². The Balaban J connectivity index is 3.96. The topological polar surface area (TPSA) is 62.4 Å². The first-order chi connectivity index (χ1) is 7.45. The first-order valence-electron chi connectivity index (χ1n) is 6.23. The van der Waals surface area contributed by atoms with Crippen LogP contribution in [0.3, 0.4) is 0 Å². The molecule has 0 amide bonds. The highest BCUT2D eigenvalue weighted by molar-refractivity contribution is 5.79.